The predicted molar refractivity (Wildman–Crippen MR) is 110 cm³/mol. The van der Waals surface area contributed by atoms with Crippen molar-refractivity contribution >= 4 is 27.3 Å². The van der Waals surface area contributed by atoms with E-state index in [2.05, 4.69) is 15.2 Å². The summed E-state index contributed by atoms with van der Waals surface area (Å²) in [7, 11) is -0.937. The maximum Gasteiger partial charge on any atom is 0.237 e. The van der Waals surface area contributed by atoms with Crippen molar-refractivity contribution in [2.45, 2.75) is 6.42 Å². The Morgan fingerprint density at radius 3 is 2.75 bits per heavy atom. The summed E-state index contributed by atoms with van der Waals surface area (Å²) in [5.41, 5.74) is 8.20. The van der Waals surface area contributed by atoms with Crippen LogP contribution in [0.3, 0.4) is 0 Å². The maximum atomic E-state index is 14.4. The zero-order chi connectivity index (χ0) is 20.3. The van der Waals surface area contributed by atoms with Crippen LogP contribution in [0.1, 0.15) is 4.88 Å². The van der Waals surface area contributed by atoms with Gasteiger partial charge in [-0.3, -0.25) is 10.1 Å². The number of aromatic amines is 1. The molecule has 0 saturated heterocycles. The first kappa shape index (κ1) is 20.0. The van der Waals surface area contributed by atoms with Gasteiger partial charge in [-0.15, -0.1) is 11.3 Å². The number of thiophene rings is 1. The second-order valence-electron chi connectivity index (χ2n) is 6.05. The smallest absolute Gasteiger partial charge is 0.237 e. The Kier molecular flexibility index (Phi) is 5.80. The lowest BCUT2D eigenvalue weighted by molar-refractivity contribution is 0.549. The average Bonchev–Trinajstić information content (AvgIpc) is 3.35. The normalized spacial score (nSPS) is 12.3. The Hall–Kier alpha value is -2.72. The number of nitrogens with zero attached hydrogens (tertiary/aromatic N) is 3. The van der Waals surface area contributed by atoms with Crippen LogP contribution in [0.25, 0.3) is 21.7 Å². The van der Waals surface area contributed by atoms with Gasteiger partial charge in [0.2, 0.25) is 16.0 Å². The third-order valence-electron chi connectivity index (χ3n) is 4.27. The van der Waals surface area contributed by atoms with E-state index in [0.717, 1.165) is 26.0 Å². The molecular formula is C18H20FN5O2S2. The minimum atomic E-state index is -3.67. The molecule has 0 atom stereocenters. The topological polar surface area (TPSA) is 104 Å². The Bertz CT molecular complexity index is 1090. The van der Waals surface area contributed by atoms with E-state index in [1.54, 1.807) is 6.20 Å². The number of hydrogen-bond acceptors (Lipinski definition) is 5. The highest BCUT2D eigenvalue weighted by molar-refractivity contribution is 7.89. The van der Waals surface area contributed by atoms with Gasteiger partial charge in [-0.2, -0.15) is 5.10 Å². The van der Waals surface area contributed by atoms with Crippen molar-refractivity contribution in [2.24, 2.45) is 10.7 Å². The molecule has 148 valence electrons. The van der Waals surface area contributed by atoms with E-state index in [9.17, 15) is 12.8 Å². The number of H-pyrrole nitrogens is 1. The first-order valence-corrected chi connectivity index (χ1v) is 10.8. The molecular weight excluding hydrogens is 401 g/mol. The third kappa shape index (κ3) is 4.23. The summed E-state index contributed by atoms with van der Waals surface area (Å²) in [5, 5.41) is 6.84. The second kappa shape index (κ2) is 8.11. The number of aryl methyl sites for hydroxylation is 1. The standard InChI is InChI=1S/C18H20FN5O2S2/c1-21-18(20)24(2)28(25,26)9-7-16-14(19)11-17(27-16)13-5-3-4-12(10-13)15-6-8-22-23-15/h3-6,8,10-11H,7,9H2,1-2H3,(H2,20,21)(H,22,23). The number of sulfonamides is 1. The van der Waals surface area contributed by atoms with Crippen molar-refractivity contribution in [1.82, 2.24) is 14.5 Å². The van der Waals surface area contributed by atoms with E-state index in [1.807, 2.05) is 30.3 Å². The van der Waals surface area contributed by atoms with Crippen molar-refractivity contribution < 1.29 is 12.8 Å². The first-order valence-electron chi connectivity index (χ1n) is 8.39. The molecule has 7 nitrogen and oxygen atoms in total. The van der Waals surface area contributed by atoms with Gasteiger partial charge in [0.25, 0.3) is 0 Å². The summed E-state index contributed by atoms with van der Waals surface area (Å²) in [6.45, 7) is 0. The fraction of sp³-hybridized carbons (Fsp3) is 0.222. The molecule has 0 aliphatic heterocycles. The maximum absolute atomic E-state index is 14.4. The molecule has 0 aliphatic rings. The molecule has 2 heterocycles. The Labute approximate surface area is 166 Å². The summed E-state index contributed by atoms with van der Waals surface area (Å²) in [4.78, 5) is 4.77. The number of nitrogens with one attached hydrogen (secondary N) is 1. The Balaban J connectivity index is 1.80. The average molecular weight is 422 g/mol. The molecule has 3 N–H and O–H groups in total. The predicted octanol–water partition coefficient (Wildman–Crippen LogP) is 2.69. The van der Waals surface area contributed by atoms with Crippen LogP contribution in [-0.2, 0) is 16.4 Å². The van der Waals surface area contributed by atoms with Crippen LogP contribution in [0.2, 0.25) is 0 Å². The Morgan fingerprint density at radius 1 is 1.32 bits per heavy atom. The molecule has 0 aliphatic carbocycles. The number of aliphatic imine (C=N–C) groups is 1. The third-order valence-corrected chi connectivity index (χ3v) is 7.23. The van der Waals surface area contributed by atoms with Crippen LogP contribution in [-0.4, -0.2) is 48.7 Å². The minimum absolute atomic E-state index is 0.0560. The molecule has 0 bridgehead atoms. The van der Waals surface area contributed by atoms with E-state index in [-0.39, 0.29) is 18.1 Å². The molecule has 3 aromatic rings. The molecule has 0 amide bonds. The SMILES string of the molecule is CN=C(N)N(C)S(=O)(=O)CCc1sc(-c2cccc(-c3ccn[nH]3)c2)cc1F. The van der Waals surface area contributed by atoms with Gasteiger partial charge < -0.3 is 5.73 Å². The van der Waals surface area contributed by atoms with Gasteiger partial charge in [0.05, 0.1) is 11.4 Å². The van der Waals surface area contributed by atoms with Crippen LogP contribution in [0, 0.1) is 5.82 Å². The molecule has 0 radical (unpaired) electrons. The van der Waals surface area contributed by atoms with Crippen molar-refractivity contribution in [1.29, 1.82) is 0 Å². The lowest BCUT2D eigenvalue weighted by Crippen LogP contribution is -2.40. The molecule has 0 saturated carbocycles. The Morgan fingerprint density at radius 2 is 2.07 bits per heavy atom. The summed E-state index contributed by atoms with van der Waals surface area (Å²) in [6, 6.07) is 10.9. The zero-order valence-corrected chi connectivity index (χ0v) is 17.0. The lowest BCUT2D eigenvalue weighted by Gasteiger charge is -2.17. The van der Waals surface area contributed by atoms with Gasteiger partial charge in [-0.25, -0.2) is 17.1 Å². The van der Waals surface area contributed by atoms with E-state index in [0.29, 0.717) is 4.88 Å². The van der Waals surface area contributed by atoms with Crippen LogP contribution >= 0.6 is 11.3 Å². The number of aromatic nitrogens is 2. The van der Waals surface area contributed by atoms with E-state index < -0.39 is 15.8 Å². The van der Waals surface area contributed by atoms with Crippen molar-refractivity contribution in [3.05, 3.63) is 53.3 Å². The highest BCUT2D eigenvalue weighted by Crippen LogP contribution is 2.33. The lowest BCUT2D eigenvalue weighted by atomic mass is 10.1. The fourth-order valence-electron chi connectivity index (χ4n) is 2.62. The van der Waals surface area contributed by atoms with E-state index >= 15 is 0 Å². The van der Waals surface area contributed by atoms with Crippen molar-refractivity contribution in [2.75, 3.05) is 19.8 Å². The quantitative estimate of drug-likeness (QED) is 0.472. The van der Waals surface area contributed by atoms with Crippen molar-refractivity contribution in [3.63, 3.8) is 0 Å². The highest BCUT2D eigenvalue weighted by Gasteiger charge is 2.21. The summed E-state index contributed by atoms with van der Waals surface area (Å²) in [5.74, 6) is -0.782. The zero-order valence-electron chi connectivity index (χ0n) is 15.4. The molecule has 0 unspecified atom stereocenters. The van der Waals surface area contributed by atoms with Gasteiger partial charge in [0.15, 0.2) is 0 Å². The molecule has 0 spiro atoms. The molecule has 2 aromatic heterocycles. The highest BCUT2D eigenvalue weighted by atomic mass is 32.2. The van der Waals surface area contributed by atoms with Gasteiger partial charge in [-0.05, 0) is 23.8 Å². The fourth-order valence-corrected chi connectivity index (χ4v) is 4.88. The minimum Gasteiger partial charge on any atom is -0.369 e. The number of nitrogens with two attached hydrogens (primary N) is 1. The molecule has 0 fully saturated rings. The largest absolute Gasteiger partial charge is 0.369 e. The summed E-state index contributed by atoms with van der Waals surface area (Å²) >= 11 is 1.24. The monoisotopic (exact) mass is 421 g/mol. The molecule has 3 rings (SSSR count). The molecule has 10 heteroatoms. The number of rotatable bonds is 6. The van der Waals surface area contributed by atoms with Crippen LogP contribution in [0.5, 0.6) is 0 Å². The van der Waals surface area contributed by atoms with Gasteiger partial charge in [0, 0.05) is 42.0 Å². The van der Waals surface area contributed by atoms with Gasteiger partial charge in [-0.1, -0.05) is 18.2 Å². The van der Waals surface area contributed by atoms with Gasteiger partial charge >= 0.3 is 0 Å². The second-order valence-corrected chi connectivity index (χ2v) is 9.30. The summed E-state index contributed by atoms with van der Waals surface area (Å²) in [6.07, 6.45) is 1.72. The van der Waals surface area contributed by atoms with Crippen LogP contribution in [0.4, 0.5) is 4.39 Å². The number of hydrogen-bond donors (Lipinski definition) is 2. The first-order chi connectivity index (χ1) is 13.3. The molecule has 1 aromatic carbocycles. The van der Waals surface area contributed by atoms with E-state index in [4.69, 9.17) is 5.73 Å². The van der Waals surface area contributed by atoms with Crippen molar-refractivity contribution in [3.8, 4) is 21.7 Å². The molecule has 28 heavy (non-hydrogen) atoms. The number of halogens is 1. The van der Waals surface area contributed by atoms with Crippen LogP contribution < -0.4 is 5.73 Å². The number of benzene rings is 1. The number of guanidine groups is 1. The summed E-state index contributed by atoms with van der Waals surface area (Å²) < 4.78 is 39.9. The van der Waals surface area contributed by atoms with Crippen LogP contribution in [0.15, 0.2) is 47.6 Å². The van der Waals surface area contributed by atoms with Gasteiger partial charge in [0.1, 0.15) is 5.82 Å². The van der Waals surface area contributed by atoms with E-state index in [1.165, 1.54) is 31.5 Å².